The maximum Gasteiger partial charge on any atom is 0.573 e. The zero-order valence-electron chi connectivity index (χ0n) is 19.9. The Balaban J connectivity index is 3.39. The summed E-state index contributed by atoms with van der Waals surface area (Å²) in [5, 5.41) is 5.52. The SMILES string of the molecule is C=CC(=O)NCC(N=C(S/C=C(\C)CC)/C(C)=C(\C)c1ccc(OC(F)(F)F)cc1)=C(C)C. The first kappa shape index (κ1) is 28.3. The molecule has 0 fully saturated rings. The highest BCUT2D eigenvalue weighted by atomic mass is 32.2. The van der Waals surface area contributed by atoms with Crippen molar-refractivity contribution >= 4 is 28.3 Å². The lowest BCUT2D eigenvalue weighted by Gasteiger charge is -2.14. The van der Waals surface area contributed by atoms with Crippen molar-refractivity contribution in [2.24, 2.45) is 4.99 Å². The van der Waals surface area contributed by atoms with E-state index in [2.05, 4.69) is 23.6 Å². The van der Waals surface area contributed by atoms with Gasteiger partial charge in [0.25, 0.3) is 0 Å². The normalized spacial score (nSPS) is 13.2. The summed E-state index contributed by atoms with van der Waals surface area (Å²) >= 11 is 1.47. The molecular weight excluding hydrogens is 449 g/mol. The largest absolute Gasteiger partial charge is 0.573 e. The highest BCUT2D eigenvalue weighted by Gasteiger charge is 2.31. The Morgan fingerprint density at radius 2 is 1.76 bits per heavy atom. The van der Waals surface area contributed by atoms with E-state index in [1.54, 1.807) is 12.1 Å². The van der Waals surface area contributed by atoms with Crippen molar-refractivity contribution < 1.29 is 22.7 Å². The number of rotatable bonds is 9. The fourth-order valence-electron chi connectivity index (χ4n) is 2.42. The van der Waals surface area contributed by atoms with Gasteiger partial charge in [-0.25, -0.2) is 4.99 Å². The number of halogens is 3. The maximum absolute atomic E-state index is 12.4. The summed E-state index contributed by atoms with van der Waals surface area (Å²) in [6.45, 7) is 15.4. The summed E-state index contributed by atoms with van der Waals surface area (Å²) in [5.74, 6) is -0.559. The second-order valence-corrected chi connectivity index (χ2v) is 8.40. The molecule has 1 amide bonds. The summed E-state index contributed by atoms with van der Waals surface area (Å²) in [5.41, 5.74) is 5.35. The Bertz CT molecular complexity index is 968. The van der Waals surface area contributed by atoms with Gasteiger partial charge >= 0.3 is 6.36 Å². The average Bonchev–Trinajstić information content (AvgIpc) is 2.76. The topological polar surface area (TPSA) is 50.7 Å². The molecule has 0 bridgehead atoms. The highest BCUT2D eigenvalue weighted by Crippen LogP contribution is 2.29. The maximum atomic E-state index is 12.4. The average molecular weight is 481 g/mol. The van der Waals surface area contributed by atoms with Gasteiger partial charge in [-0.3, -0.25) is 4.79 Å². The molecular formula is C25H31F3N2O2S. The van der Waals surface area contributed by atoms with Crippen LogP contribution in [0.15, 0.2) is 69.7 Å². The molecule has 0 aliphatic heterocycles. The number of thioether (sulfide) groups is 1. The molecule has 1 N–H and O–H groups in total. The number of carbonyl (C=O) groups excluding carboxylic acids is 1. The summed E-state index contributed by atoms with van der Waals surface area (Å²) in [6.07, 6.45) is -2.63. The number of carbonyl (C=O) groups is 1. The van der Waals surface area contributed by atoms with Crippen molar-refractivity contribution in [3.8, 4) is 5.75 Å². The minimum Gasteiger partial charge on any atom is -0.406 e. The lowest BCUT2D eigenvalue weighted by Crippen LogP contribution is -2.23. The Morgan fingerprint density at radius 1 is 1.15 bits per heavy atom. The van der Waals surface area contributed by atoms with E-state index in [-0.39, 0.29) is 18.2 Å². The molecule has 0 heterocycles. The van der Waals surface area contributed by atoms with Crippen LogP contribution < -0.4 is 10.1 Å². The molecule has 0 radical (unpaired) electrons. The van der Waals surface area contributed by atoms with Gasteiger partial charge < -0.3 is 10.1 Å². The fraction of sp³-hybridized carbons (Fsp3) is 0.360. The lowest BCUT2D eigenvalue weighted by molar-refractivity contribution is -0.274. The van der Waals surface area contributed by atoms with Crippen LogP contribution in [-0.4, -0.2) is 23.9 Å². The lowest BCUT2D eigenvalue weighted by atomic mass is 10.0. The van der Waals surface area contributed by atoms with E-state index in [4.69, 9.17) is 4.99 Å². The number of nitrogens with zero attached hydrogens (tertiary/aromatic N) is 1. The predicted octanol–water partition coefficient (Wildman–Crippen LogP) is 7.42. The van der Waals surface area contributed by atoms with Crippen molar-refractivity contribution in [1.82, 2.24) is 5.32 Å². The van der Waals surface area contributed by atoms with Crippen LogP contribution in [0.2, 0.25) is 0 Å². The Labute approximate surface area is 198 Å². The van der Waals surface area contributed by atoms with E-state index < -0.39 is 6.36 Å². The summed E-state index contributed by atoms with van der Waals surface area (Å²) < 4.78 is 41.3. The number of amides is 1. The van der Waals surface area contributed by atoms with Gasteiger partial charge in [-0.05, 0) is 81.4 Å². The predicted molar refractivity (Wildman–Crippen MR) is 132 cm³/mol. The molecule has 0 atom stereocenters. The number of hydrogen-bond acceptors (Lipinski definition) is 4. The van der Waals surface area contributed by atoms with Crippen LogP contribution in [-0.2, 0) is 4.79 Å². The zero-order chi connectivity index (χ0) is 25.2. The number of benzene rings is 1. The van der Waals surface area contributed by atoms with E-state index >= 15 is 0 Å². The number of ether oxygens (including phenoxy) is 1. The van der Waals surface area contributed by atoms with Gasteiger partial charge in [0.2, 0.25) is 5.91 Å². The summed E-state index contributed by atoms with van der Waals surface area (Å²) in [7, 11) is 0. The smallest absolute Gasteiger partial charge is 0.406 e. The minimum atomic E-state index is -4.73. The van der Waals surface area contributed by atoms with Crippen LogP contribution in [0.3, 0.4) is 0 Å². The second kappa shape index (κ2) is 13.1. The molecule has 1 aromatic rings. The number of alkyl halides is 3. The molecule has 4 nitrogen and oxygen atoms in total. The molecule has 0 aliphatic carbocycles. The van der Waals surface area contributed by atoms with E-state index in [1.807, 2.05) is 40.0 Å². The third-order valence-corrected chi connectivity index (χ3v) is 5.90. The van der Waals surface area contributed by atoms with Gasteiger partial charge in [-0.2, -0.15) is 0 Å². The molecule has 1 aromatic carbocycles. The van der Waals surface area contributed by atoms with E-state index in [9.17, 15) is 18.0 Å². The Morgan fingerprint density at radius 3 is 2.24 bits per heavy atom. The molecule has 8 heteroatoms. The zero-order valence-corrected chi connectivity index (χ0v) is 20.7. The molecule has 180 valence electrons. The molecule has 33 heavy (non-hydrogen) atoms. The van der Waals surface area contributed by atoms with Crippen LogP contribution in [0.25, 0.3) is 5.57 Å². The highest BCUT2D eigenvalue weighted by molar-refractivity contribution is 8.16. The summed E-state index contributed by atoms with van der Waals surface area (Å²) in [4.78, 5) is 16.4. The van der Waals surface area contributed by atoms with Crippen LogP contribution in [0.1, 0.15) is 53.5 Å². The van der Waals surface area contributed by atoms with Gasteiger partial charge in [0, 0.05) is 0 Å². The van der Waals surface area contributed by atoms with E-state index in [0.717, 1.165) is 39.4 Å². The first-order valence-corrected chi connectivity index (χ1v) is 11.3. The van der Waals surface area contributed by atoms with Crippen LogP contribution in [0.5, 0.6) is 5.75 Å². The monoisotopic (exact) mass is 480 g/mol. The van der Waals surface area contributed by atoms with E-state index in [0.29, 0.717) is 0 Å². The Kier molecular flexibility index (Phi) is 11.2. The van der Waals surface area contributed by atoms with Crippen molar-refractivity contribution in [2.75, 3.05) is 6.54 Å². The molecule has 0 aromatic heterocycles. The quantitative estimate of drug-likeness (QED) is 0.227. The van der Waals surface area contributed by atoms with Gasteiger partial charge in [-0.15, -0.1) is 13.2 Å². The molecule has 0 spiro atoms. The first-order chi connectivity index (χ1) is 15.4. The second-order valence-electron chi connectivity index (χ2n) is 7.54. The van der Waals surface area contributed by atoms with Crippen molar-refractivity contribution in [3.05, 3.63) is 70.3 Å². The van der Waals surface area contributed by atoms with Crippen LogP contribution in [0, 0.1) is 0 Å². The molecule has 0 unspecified atom stereocenters. The molecule has 1 rings (SSSR count). The van der Waals surface area contributed by atoms with Crippen LogP contribution >= 0.6 is 11.8 Å². The van der Waals surface area contributed by atoms with Crippen molar-refractivity contribution in [1.29, 1.82) is 0 Å². The van der Waals surface area contributed by atoms with E-state index in [1.165, 1.54) is 35.5 Å². The minimum absolute atomic E-state index is 0.253. The van der Waals surface area contributed by atoms with Crippen molar-refractivity contribution in [3.63, 3.8) is 0 Å². The van der Waals surface area contributed by atoms with Gasteiger partial charge in [0.05, 0.1) is 12.2 Å². The molecule has 0 aliphatic rings. The number of nitrogens with one attached hydrogen (secondary N) is 1. The first-order valence-electron chi connectivity index (χ1n) is 10.4. The van der Waals surface area contributed by atoms with Crippen molar-refractivity contribution in [2.45, 2.75) is 54.3 Å². The number of allylic oxidation sites excluding steroid dienone is 3. The van der Waals surface area contributed by atoms with Gasteiger partial charge in [-0.1, -0.05) is 48.5 Å². The fourth-order valence-corrected chi connectivity index (χ4v) is 3.39. The molecule has 0 saturated heterocycles. The summed E-state index contributed by atoms with van der Waals surface area (Å²) in [6, 6.07) is 5.75. The standard InChI is InChI=1S/C25H31F3N2O2S/c1-8-17(5)15-33-24(30-22(16(3)4)14-29-23(31)9-2)19(7)18(6)20-10-12-21(13-11-20)32-25(26,27)28/h9-13,15H,2,8,14H2,1,3-7H3,(H,29,31)/b17-15+,19-18+,30-24?. The number of hydrogen-bond donors (Lipinski definition) is 1. The van der Waals surface area contributed by atoms with Gasteiger partial charge in [0.1, 0.15) is 10.8 Å². The van der Waals surface area contributed by atoms with Gasteiger partial charge in [0.15, 0.2) is 0 Å². The Hall–Kier alpha value is -2.74. The third kappa shape index (κ3) is 10.2. The van der Waals surface area contributed by atoms with Crippen LogP contribution in [0.4, 0.5) is 13.2 Å². The third-order valence-electron chi connectivity index (χ3n) is 4.76. The number of aliphatic imine (C=N–C) groups is 1. The molecule has 0 saturated carbocycles.